The molecule has 4 nitrogen and oxygen atoms in total. The molecule has 4 heteroatoms. The van der Waals surface area contributed by atoms with E-state index in [9.17, 15) is 0 Å². The minimum absolute atomic E-state index is 0.196. The number of hydrogen-bond acceptors (Lipinski definition) is 4. The number of ether oxygens (including phenoxy) is 1. The van der Waals surface area contributed by atoms with Crippen LogP contribution in [0.15, 0.2) is 29.4 Å². The summed E-state index contributed by atoms with van der Waals surface area (Å²) in [5.74, 6) is 5.58. The molecule has 0 radical (unpaired) electrons. The van der Waals surface area contributed by atoms with Gasteiger partial charge in [0.05, 0.1) is 0 Å². The molecule has 0 unspecified atom stereocenters. The fourth-order valence-electron chi connectivity index (χ4n) is 0.616. The van der Waals surface area contributed by atoms with Crippen LogP contribution in [0.25, 0.3) is 0 Å². The van der Waals surface area contributed by atoms with Gasteiger partial charge in [0.1, 0.15) is 11.5 Å². The van der Waals surface area contributed by atoms with Crippen LogP contribution in [0.2, 0.25) is 0 Å². The van der Waals surface area contributed by atoms with Crippen LogP contribution in [0, 0.1) is 0 Å². The Morgan fingerprint density at radius 2 is 2.00 bits per heavy atom. The predicted molar refractivity (Wildman–Crippen MR) is 41.4 cm³/mol. The Morgan fingerprint density at radius 1 is 1.36 bits per heavy atom. The molecule has 0 heterocycles. The Balaban J connectivity index is 2.66. The summed E-state index contributed by atoms with van der Waals surface area (Å²) < 4.78 is 4.88. The highest BCUT2D eigenvalue weighted by Crippen LogP contribution is 2.14. The molecule has 1 aromatic rings. The number of phenols is 1. The summed E-state index contributed by atoms with van der Waals surface area (Å²) in [6.07, 6.45) is 1.12. The maximum Gasteiger partial charge on any atom is 0.198 e. The van der Waals surface area contributed by atoms with Crippen LogP contribution in [0.1, 0.15) is 0 Å². The van der Waals surface area contributed by atoms with E-state index in [0.29, 0.717) is 5.75 Å². The molecule has 1 rings (SSSR count). The molecule has 0 spiro atoms. The number of nitrogens with zero attached hydrogens (tertiary/aromatic N) is 1. The van der Waals surface area contributed by atoms with E-state index in [-0.39, 0.29) is 5.75 Å². The SMILES string of the molecule is NN=COc1ccc(O)cc1. The molecule has 0 saturated carbocycles. The standard InChI is InChI=1S/C7H8N2O2/c8-9-5-11-7-3-1-6(10)2-4-7/h1-5,10H,8H2. The summed E-state index contributed by atoms with van der Waals surface area (Å²) in [6, 6.07) is 6.24. The summed E-state index contributed by atoms with van der Waals surface area (Å²) >= 11 is 0. The maximum absolute atomic E-state index is 8.87. The second-order valence-corrected chi connectivity index (χ2v) is 1.87. The number of aromatic hydroxyl groups is 1. The third-order valence-electron chi connectivity index (χ3n) is 1.09. The van der Waals surface area contributed by atoms with Gasteiger partial charge in [-0.05, 0) is 24.3 Å². The summed E-state index contributed by atoms with van der Waals surface area (Å²) in [5.41, 5.74) is 0. The average molecular weight is 152 g/mol. The van der Waals surface area contributed by atoms with Crippen LogP contribution in [0.5, 0.6) is 11.5 Å². The van der Waals surface area contributed by atoms with Crippen molar-refractivity contribution >= 4 is 6.40 Å². The minimum atomic E-state index is 0.196. The molecule has 0 bridgehead atoms. The van der Waals surface area contributed by atoms with Crippen molar-refractivity contribution in [3.63, 3.8) is 0 Å². The zero-order valence-electron chi connectivity index (χ0n) is 5.77. The number of rotatable bonds is 2. The molecule has 3 N–H and O–H groups in total. The number of hydrazone groups is 1. The Morgan fingerprint density at radius 3 is 2.55 bits per heavy atom. The van der Waals surface area contributed by atoms with Gasteiger partial charge >= 0.3 is 0 Å². The van der Waals surface area contributed by atoms with Crippen molar-refractivity contribution in [1.82, 2.24) is 0 Å². The lowest BCUT2D eigenvalue weighted by molar-refractivity contribution is 0.473. The molecule has 0 amide bonds. The first kappa shape index (κ1) is 7.40. The van der Waals surface area contributed by atoms with E-state index in [0.717, 1.165) is 6.40 Å². The Kier molecular flexibility index (Phi) is 2.32. The van der Waals surface area contributed by atoms with Crippen molar-refractivity contribution in [2.24, 2.45) is 10.9 Å². The third kappa shape index (κ3) is 2.17. The van der Waals surface area contributed by atoms with Crippen molar-refractivity contribution in [2.75, 3.05) is 0 Å². The van der Waals surface area contributed by atoms with Gasteiger partial charge in [-0.3, -0.25) is 0 Å². The molecule has 0 fully saturated rings. The van der Waals surface area contributed by atoms with E-state index < -0.39 is 0 Å². The van der Waals surface area contributed by atoms with Gasteiger partial charge in [0.15, 0.2) is 6.40 Å². The van der Waals surface area contributed by atoms with Crippen molar-refractivity contribution in [1.29, 1.82) is 0 Å². The highest BCUT2D eigenvalue weighted by molar-refractivity contribution is 5.51. The van der Waals surface area contributed by atoms with Crippen molar-refractivity contribution in [2.45, 2.75) is 0 Å². The lowest BCUT2D eigenvalue weighted by Crippen LogP contribution is -1.92. The molecular formula is C7H8N2O2. The van der Waals surface area contributed by atoms with Gasteiger partial charge in [-0.25, -0.2) is 0 Å². The minimum Gasteiger partial charge on any atom is -0.508 e. The number of hydrogen-bond donors (Lipinski definition) is 2. The molecular weight excluding hydrogens is 144 g/mol. The quantitative estimate of drug-likeness (QED) is 0.283. The van der Waals surface area contributed by atoms with Gasteiger partial charge in [-0.1, -0.05) is 0 Å². The normalized spacial score (nSPS) is 10.2. The van der Waals surface area contributed by atoms with Crippen molar-refractivity contribution in [3.05, 3.63) is 24.3 Å². The molecule has 0 aliphatic carbocycles. The molecule has 0 saturated heterocycles. The van der Waals surface area contributed by atoms with Gasteiger partial charge in [-0.15, -0.1) is 0 Å². The van der Waals surface area contributed by atoms with Crippen molar-refractivity contribution in [3.8, 4) is 11.5 Å². The lowest BCUT2D eigenvalue weighted by Gasteiger charge is -1.96. The van der Waals surface area contributed by atoms with E-state index in [1.54, 1.807) is 12.1 Å². The first-order chi connectivity index (χ1) is 5.33. The van der Waals surface area contributed by atoms with Crippen molar-refractivity contribution < 1.29 is 9.84 Å². The molecule has 0 aliphatic heterocycles. The third-order valence-corrected chi connectivity index (χ3v) is 1.09. The van der Waals surface area contributed by atoms with Crippen LogP contribution < -0.4 is 10.6 Å². The Bertz CT molecular complexity index is 243. The predicted octanol–water partition coefficient (Wildman–Crippen LogP) is 0.673. The zero-order valence-corrected chi connectivity index (χ0v) is 5.77. The monoisotopic (exact) mass is 152 g/mol. The average Bonchev–Trinajstić information content (AvgIpc) is 2.04. The fourth-order valence-corrected chi connectivity index (χ4v) is 0.616. The van der Waals surface area contributed by atoms with E-state index >= 15 is 0 Å². The van der Waals surface area contributed by atoms with E-state index in [1.807, 2.05) is 0 Å². The molecule has 11 heavy (non-hydrogen) atoms. The second-order valence-electron chi connectivity index (χ2n) is 1.87. The molecule has 58 valence electrons. The topological polar surface area (TPSA) is 67.8 Å². The molecule has 0 aromatic heterocycles. The Hall–Kier alpha value is -1.71. The maximum atomic E-state index is 8.87. The summed E-state index contributed by atoms with van der Waals surface area (Å²) in [7, 11) is 0. The van der Waals surface area contributed by atoms with E-state index in [1.165, 1.54) is 12.1 Å². The van der Waals surface area contributed by atoms with Gasteiger partial charge in [0.2, 0.25) is 0 Å². The number of phenolic OH excluding ortho intramolecular Hbond substituents is 1. The van der Waals surface area contributed by atoms with Gasteiger partial charge in [-0.2, -0.15) is 5.10 Å². The van der Waals surface area contributed by atoms with Crippen LogP contribution in [-0.2, 0) is 0 Å². The number of benzene rings is 1. The lowest BCUT2D eigenvalue weighted by atomic mass is 10.3. The Labute approximate surface area is 63.9 Å². The molecule has 1 aromatic carbocycles. The molecule has 0 aliphatic rings. The van der Waals surface area contributed by atoms with Crippen LogP contribution in [0.4, 0.5) is 0 Å². The van der Waals surface area contributed by atoms with Crippen LogP contribution in [0.3, 0.4) is 0 Å². The van der Waals surface area contributed by atoms with E-state index in [2.05, 4.69) is 5.10 Å². The number of nitrogens with two attached hydrogens (primary N) is 1. The van der Waals surface area contributed by atoms with Gasteiger partial charge in [0.25, 0.3) is 0 Å². The summed E-state index contributed by atoms with van der Waals surface area (Å²) in [5, 5.41) is 12.0. The first-order valence-corrected chi connectivity index (χ1v) is 3.00. The summed E-state index contributed by atoms with van der Waals surface area (Å²) in [4.78, 5) is 0. The second kappa shape index (κ2) is 3.46. The first-order valence-electron chi connectivity index (χ1n) is 3.00. The van der Waals surface area contributed by atoms with Crippen LogP contribution >= 0.6 is 0 Å². The zero-order chi connectivity index (χ0) is 8.10. The van der Waals surface area contributed by atoms with E-state index in [4.69, 9.17) is 15.7 Å². The highest BCUT2D eigenvalue weighted by Gasteiger charge is 1.89. The van der Waals surface area contributed by atoms with Gasteiger partial charge < -0.3 is 15.7 Å². The largest absolute Gasteiger partial charge is 0.508 e. The van der Waals surface area contributed by atoms with Gasteiger partial charge in [0, 0.05) is 0 Å². The smallest absolute Gasteiger partial charge is 0.198 e. The highest BCUT2D eigenvalue weighted by atomic mass is 16.5. The summed E-state index contributed by atoms with van der Waals surface area (Å²) in [6.45, 7) is 0. The fraction of sp³-hybridized carbons (Fsp3) is 0. The van der Waals surface area contributed by atoms with Crippen LogP contribution in [-0.4, -0.2) is 11.5 Å². The molecule has 0 atom stereocenters.